The van der Waals surface area contributed by atoms with Crippen LogP contribution in [0.4, 0.5) is 0 Å². The molecule has 1 saturated heterocycles. The van der Waals surface area contributed by atoms with Gasteiger partial charge in [0.05, 0.1) is 19.8 Å². The van der Waals surface area contributed by atoms with Crippen LogP contribution in [0.15, 0.2) is 54.9 Å². The van der Waals surface area contributed by atoms with Crippen LogP contribution in [-0.2, 0) is 6.54 Å². The minimum atomic E-state index is -0.0572. The van der Waals surface area contributed by atoms with Gasteiger partial charge < -0.3 is 9.47 Å². The molecule has 0 unspecified atom stereocenters. The van der Waals surface area contributed by atoms with E-state index in [2.05, 4.69) is 27.9 Å². The smallest absolute Gasteiger partial charge is 0.170 e. The van der Waals surface area contributed by atoms with E-state index in [0.29, 0.717) is 23.6 Å². The number of hydrogen-bond donors (Lipinski definition) is 0. The number of carbonyl (C=O) groups is 1. The summed E-state index contributed by atoms with van der Waals surface area (Å²) in [5.41, 5.74) is 3.88. The van der Waals surface area contributed by atoms with Gasteiger partial charge in [-0.1, -0.05) is 24.3 Å². The van der Waals surface area contributed by atoms with Gasteiger partial charge in [-0.25, -0.2) is 9.97 Å². The van der Waals surface area contributed by atoms with E-state index in [-0.39, 0.29) is 11.7 Å². The maximum Gasteiger partial charge on any atom is 0.170 e. The summed E-state index contributed by atoms with van der Waals surface area (Å²) >= 11 is 0. The number of piperidine rings is 1. The molecule has 3 aromatic rings. The Morgan fingerprint density at radius 3 is 2.59 bits per heavy atom. The van der Waals surface area contributed by atoms with Gasteiger partial charge in [-0.05, 0) is 44.0 Å². The second kappa shape index (κ2) is 9.92. The van der Waals surface area contributed by atoms with Crippen LogP contribution < -0.4 is 9.47 Å². The summed E-state index contributed by atoms with van der Waals surface area (Å²) in [6.07, 6.45) is 5.66. The van der Waals surface area contributed by atoms with Gasteiger partial charge in [-0.15, -0.1) is 0 Å². The fourth-order valence-electron chi connectivity index (χ4n) is 4.29. The Balaban J connectivity index is 1.43. The van der Waals surface area contributed by atoms with E-state index < -0.39 is 0 Å². The molecular formula is C26H29N3O3. The van der Waals surface area contributed by atoms with Gasteiger partial charge in [0.15, 0.2) is 11.6 Å². The van der Waals surface area contributed by atoms with Crippen molar-refractivity contribution in [2.24, 2.45) is 5.92 Å². The minimum absolute atomic E-state index is 0.0572. The molecule has 2 aromatic carbocycles. The highest BCUT2D eigenvalue weighted by atomic mass is 16.5. The van der Waals surface area contributed by atoms with Crippen LogP contribution in [0, 0.1) is 12.8 Å². The molecule has 6 heteroatoms. The molecule has 4 rings (SSSR count). The molecule has 0 N–H and O–H groups in total. The predicted octanol–water partition coefficient (Wildman–Crippen LogP) is 4.56. The van der Waals surface area contributed by atoms with Gasteiger partial charge in [-0.3, -0.25) is 9.69 Å². The molecule has 1 aromatic heterocycles. The summed E-state index contributed by atoms with van der Waals surface area (Å²) in [6, 6.07) is 13.5. The number of ketones is 1. The molecule has 1 atom stereocenters. The van der Waals surface area contributed by atoms with Crippen molar-refractivity contribution in [2.75, 3.05) is 27.3 Å². The van der Waals surface area contributed by atoms with Crippen LogP contribution in [0.25, 0.3) is 11.4 Å². The van der Waals surface area contributed by atoms with E-state index in [1.165, 1.54) is 0 Å². The number of nitrogens with zero attached hydrogens (tertiary/aromatic N) is 3. The van der Waals surface area contributed by atoms with Crippen molar-refractivity contribution in [2.45, 2.75) is 26.3 Å². The Labute approximate surface area is 189 Å². The maximum absolute atomic E-state index is 13.2. The van der Waals surface area contributed by atoms with Crippen LogP contribution in [0.1, 0.15) is 34.3 Å². The fourth-order valence-corrected chi connectivity index (χ4v) is 4.29. The normalized spacial score (nSPS) is 16.5. The van der Waals surface area contributed by atoms with Crippen LogP contribution in [0.5, 0.6) is 11.5 Å². The Morgan fingerprint density at radius 2 is 1.88 bits per heavy atom. The van der Waals surface area contributed by atoms with Crippen molar-refractivity contribution in [3.63, 3.8) is 0 Å². The Kier molecular flexibility index (Phi) is 6.81. The summed E-state index contributed by atoms with van der Waals surface area (Å²) in [7, 11) is 3.19. The number of likely N-dealkylation sites (tertiary alicyclic amines) is 1. The predicted molar refractivity (Wildman–Crippen MR) is 124 cm³/mol. The van der Waals surface area contributed by atoms with Gasteiger partial charge in [-0.2, -0.15) is 0 Å². The Morgan fingerprint density at radius 1 is 1.09 bits per heavy atom. The molecule has 0 spiro atoms. The summed E-state index contributed by atoms with van der Waals surface area (Å²) < 4.78 is 10.7. The molecular weight excluding hydrogens is 402 g/mol. The van der Waals surface area contributed by atoms with Gasteiger partial charge in [0.25, 0.3) is 0 Å². The lowest BCUT2D eigenvalue weighted by Crippen LogP contribution is -2.38. The van der Waals surface area contributed by atoms with E-state index in [9.17, 15) is 4.79 Å². The number of ether oxygens (including phenoxy) is 2. The molecule has 1 aliphatic rings. The average molecular weight is 432 g/mol. The largest absolute Gasteiger partial charge is 0.497 e. The topological polar surface area (TPSA) is 64.5 Å². The number of aromatic nitrogens is 2. The summed E-state index contributed by atoms with van der Waals surface area (Å²) in [6.45, 7) is 4.48. The highest BCUT2D eigenvalue weighted by Gasteiger charge is 2.28. The lowest BCUT2D eigenvalue weighted by molar-refractivity contribution is 0.0808. The monoisotopic (exact) mass is 431 g/mol. The minimum Gasteiger partial charge on any atom is -0.497 e. The number of carbonyl (C=O) groups excluding carboxylic acids is 1. The Hall–Kier alpha value is -3.25. The third-order valence-electron chi connectivity index (χ3n) is 6.05. The zero-order valence-corrected chi connectivity index (χ0v) is 18.9. The number of rotatable bonds is 7. The molecule has 0 saturated carbocycles. The number of benzene rings is 2. The third kappa shape index (κ3) is 4.81. The van der Waals surface area contributed by atoms with Crippen LogP contribution in [-0.4, -0.2) is 48.0 Å². The van der Waals surface area contributed by atoms with Crippen LogP contribution in [0.2, 0.25) is 0 Å². The number of methoxy groups -OCH3 is 2. The Bertz CT molecular complexity index is 1080. The van der Waals surface area contributed by atoms with Gasteiger partial charge in [0, 0.05) is 48.6 Å². The molecule has 0 amide bonds. The van der Waals surface area contributed by atoms with E-state index in [1.54, 1.807) is 26.4 Å². The van der Waals surface area contributed by atoms with E-state index in [1.807, 2.05) is 36.7 Å². The quantitative estimate of drug-likeness (QED) is 0.511. The maximum atomic E-state index is 13.2. The van der Waals surface area contributed by atoms with Crippen molar-refractivity contribution >= 4 is 5.78 Å². The van der Waals surface area contributed by atoms with Crippen molar-refractivity contribution < 1.29 is 14.3 Å². The molecule has 0 aliphatic carbocycles. The number of Topliss-reactive ketones (excluding diaryl/α,β-unsaturated/α-hetero) is 1. The zero-order valence-electron chi connectivity index (χ0n) is 18.9. The molecule has 1 aliphatic heterocycles. The summed E-state index contributed by atoms with van der Waals surface area (Å²) in [5, 5.41) is 0. The van der Waals surface area contributed by atoms with Crippen molar-refractivity contribution in [1.29, 1.82) is 0 Å². The first kappa shape index (κ1) is 22.0. The number of aryl methyl sites for hydroxylation is 1. The standard InChI is InChI=1S/C26H29N3O3/c1-18-7-4-5-9-22(18)26-27-14-19(15-28-26)16-29-12-6-8-20(17-29)25(30)23-11-10-21(31-2)13-24(23)32-3/h4-5,7,9-11,13-15,20H,6,8,12,16-17H2,1-3H3/t20-/m1/s1. The van der Waals surface area contributed by atoms with Crippen LogP contribution in [0.3, 0.4) is 0 Å². The average Bonchev–Trinajstić information content (AvgIpc) is 2.84. The fraction of sp³-hybridized carbons (Fsp3) is 0.346. The first-order valence-corrected chi connectivity index (χ1v) is 10.9. The van der Waals surface area contributed by atoms with Gasteiger partial charge >= 0.3 is 0 Å². The van der Waals surface area contributed by atoms with E-state index in [0.717, 1.165) is 48.4 Å². The molecule has 32 heavy (non-hydrogen) atoms. The van der Waals surface area contributed by atoms with Gasteiger partial charge in [0.1, 0.15) is 11.5 Å². The summed E-state index contributed by atoms with van der Waals surface area (Å²) in [4.78, 5) is 24.7. The number of hydrogen-bond acceptors (Lipinski definition) is 6. The summed E-state index contributed by atoms with van der Waals surface area (Å²) in [5.74, 6) is 2.05. The SMILES string of the molecule is COc1ccc(C(=O)[C@@H]2CCCN(Cc3cnc(-c4ccccc4C)nc3)C2)c(OC)c1. The van der Waals surface area contributed by atoms with E-state index in [4.69, 9.17) is 9.47 Å². The zero-order chi connectivity index (χ0) is 22.5. The third-order valence-corrected chi connectivity index (χ3v) is 6.05. The van der Waals surface area contributed by atoms with Crippen molar-refractivity contribution in [3.05, 3.63) is 71.5 Å². The van der Waals surface area contributed by atoms with Crippen molar-refractivity contribution in [1.82, 2.24) is 14.9 Å². The molecule has 6 nitrogen and oxygen atoms in total. The first-order chi connectivity index (χ1) is 15.6. The molecule has 1 fully saturated rings. The second-order valence-electron chi connectivity index (χ2n) is 8.23. The molecule has 0 radical (unpaired) electrons. The van der Waals surface area contributed by atoms with Crippen LogP contribution >= 0.6 is 0 Å². The van der Waals surface area contributed by atoms with Crippen molar-refractivity contribution in [3.8, 4) is 22.9 Å². The first-order valence-electron chi connectivity index (χ1n) is 10.9. The van der Waals surface area contributed by atoms with Gasteiger partial charge in [0.2, 0.25) is 0 Å². The lowest BCUT2D eigenvalue weighted by atomic mass is 9.89. The highest BCUT2D eigenvalue weighted by molar-refractivity contribution is 6.00. The molecule has 0 bridgehead atoms. The molecule has 2 heterocycles. The lowest BCUT2D eigenvalue weighted by Gasteiger charge is -2.32. The van der Waals surface area contributed by atoms with E-state index >= 15 is 0 Å². The highest BCUT2D eigenvalue weighted by Crippen LogP contribution is 2.30. The second-order valence-corrected chi connectivity index (χ2v) is 8.23. The molecule has 166 valence electrons.